The minimum atomic E-state index is -0.284. The van der Waals surface area contributed by atoms with E-state index in [9.17, 15) is 4.79 Å². The number of hydrogen-bond acceptors (Lipinski definition) is 3. The van der Waals surface area contributed by atoms with Gasteiger partial charge in [0.05, 0.1) is 6.61 Å². The minimum Gasteiger partial charge on any atom is -0.497 e. The van der Waals surface area contributed by atoms with E-state index in [1.807, 2.05) is 18.2 Å². The molecule has 0 amide bonds. The van der Waals surface area contributed by atoms with Crippen LogP contribution in [0.25, 0.3) is 5.57 Å². The molecule has 0 unspecified atom stereocenters. The monoisotopic (exact) mass is 202 g/mol. The molecule has 2 heterocycles. The maximum absolute atomic E-state index is 11.7. The molecular weight excluding hydrogens is 192 g/mol. The van der Waals surface area contributed by atoms with Gasteiger partial charge >= 0.3 is 5.97 Å². The van der Waals surface area contributed by atoms with Crippen LogP contribution >= 0.6 is 0 Å². The van der Waals surface area contributed by atoms with Crippen molar-refractivity contribution in [1.82, 2.24) is 0 Å². The molecule has 0 radical (unpaired) electrons. The fourth-order valence-electron chi connectivity index (χ4n) is 1.98. The van der Waals surface area contributed by atoms with E-state index in [-0.39, 0.29) is 5.97 Å². The average Bonchev–Trinajstić information content (AvgIpc) is 2.82. The number of allylic oxidation sites excluding steroid dienone is 1. The molecule has 0 N–H and O–H groups in total. The topological polar surface area (TPSA) is 35.5 Å². The summed E-state index contributed by atoms with van der Waals surface area (Å²) in [4.78, 5) is 11.7. The third-order valence-electron chi connectivity index (χ3n) is 2.67. The number of para-hydroxylation sites is 1. The molecule has 1 fully saturated rings. The molecule has 0 atom stereocenters. The number of carbonyl (C=O) groups is 1. The van der Waals surface area contributed by atoms with Gasteiger partial charge in [0.15, 0.2) is 0 Å². The van der Waals surface area contributed by atoms with Crippen molar-refractivity contribution in [2.75, 3.05) is 6.61 Å². The van der Waals surface area contributed by atoms with Gasteiger partial charge in [-0.2, -0.15) is 0 Å². The van der Waals surface area contributed by atoms with Gasteiger partial charge in [0.25, 0.3) is 0 Å². The van der Waals surface area contributed by atoms with Crippen molar-refractivity contribution in [3.8, 4) is 5.75 Å². The Morgan fingerprint density at radius 3 is 2.87 bits per heavy atom. The number of carbonyl (C=O) groups excluding carboxylic acids is 1. The predicted octanol–water partition coefficient (Wildman–Crippen LogP) is 2.13. The Balaban J connectivity index is 2.17. The molecule has 0 aromatic heterocycles. The Morgan fingerprint density at radius 1 is 1.20 bits per heavy atom. The molecule has 3 nitrogen and oxygen atoms in total. The van der Waals surface area contributed by atoms with E-state index in [1.165, 1.54) is 0 Å². The number of rotatable bonds is 0. The van der Waals surface area contributed by atoms with Crippen molar-refractivity contribution < 1.29 is 14.3 Å². The van der Waals surface area contributed by atoms with Crippen molar-refractivity contribution in [1.29, 1.82) is 0 Å². The van der Waals surface area contributed by atoms with Crippen molar-refractivity contribution in [3.63, 3.8) is 0 Å². The van der Waals surface area contributed by atoms with E-state index in [0.29, 0.717) is 17.9 Å². The molecule has 1 aromatic rings. The second-order valence-electron chi connectivity index (χ2n) is 3.64. The normalized spacial score (nSPS) is 23.6. The van der Waals surface area contributed by atoms with E-state index < -0.39 is 0 Å². The van der Waals surface area contributed by atoms with Crippen molar-refractivity contribution >= 4 is 11.5 Å². The zero-order valence-electron chi connectivity index (χ0n) is 8.16. The Labute approximate surface area is 87.3 Å². The molecule has 15 heavy (non-hydrogen) atoms. The molecule has 2 aliphatic heterocycles. The van der Waals surface area contributed by atoms with Crippen LogP contribution in [0.2, 0.25) is 0 Å². The van der Waals surface area contributed by atoms with Crippen LogP contribution in [0.4, 0.5) is 0 Å². The van der Waals surface area contributed by atoms with Crippen LogP contribution in [0.5, 0.6) is 5.75 Å². The molecule has 0 saturated carbocycles. The first-order valence-electron chi connectivity index (χ1n) is 5.04. The molecule has 2 aliphatic rings. The number of hydrogen-bond donors (Lipinski definition) is 0. The average molecular weight is 202 g/mol. The van der Waals surface area contributed by atoms with Crippen LogP contribution in [0.15, 0.2) is 30.0 Å². The summed E-state index contributed by atoms with van der Waals surface area (Å²) in [6.07, 6.45) is 1.81. The molecule has 3 rings (SSSR count). The fourth-order valence-corrected chi connectivity index (χ4v) is 1.98. The van der Waals surface area contributed by atoms with Gasteiger partial charge in [-0.05, 0) is 12.5 Å². The molecule has 3 heteroatoms. The molecule has 1 saturated heterocycles. The number of esters is 1. The highest BCUT2D eigenvalue weighted by Gasteiger charge is 2.31. The third kappa shape index (κ3) is 1.23. The second kappa shape index (κ2) is 3.12. The molecule has 0 spiro atoms. The molecule has 0 aliphatic carbocycles. The summed E-state index contributed by atoms with van der Waals surface area (Å²) in [5, 5.41) is 0. The van der Waals surface area contributed by atoms with Gasteiger partial charge in [0.1, 0.15) is 17.1 Å². The first-order valence-corrected chi connectivity index (χ1v) is 5.04. The van der Waals surface area contributed by atoms with E-state index in [1.54, 1.807) is 6.07 Å². The summed E-state index contributed by atoms with van der Waals surface area (Å²) in [6.45, 7) is 0.703. The number of fused-ring (bicyclic) bond motifs is 1. The van der Waals surface area contributed by atoms with Gasteiger partial charge in [0.2, 0.25) is 0 Å². The van der Waals surface area contributed by atoms with Crippen LogP contribution < -0.4 is 4.74 Å². The fraction of sp³-hybridized carbons (Fsp3) is 0.250. The van der Waals surface area contributed by atoms with Crippen LogP contribution in [0.3, 0.4) is 0 Å². The van der Waals surface area contributed by atoms with Crippen LogP contribution in [0, 0.1) is 0 Å². The first-order chi connectivity index (χ1) is 7.36. The Bertz CT molecular complexity index is 452. The van der Waals surface area contributed by atoms with Gasteiger partial charge in [-0.15, -0.1) is 0 Å². The van der Waals surface area contributed by atoms with E-state index in [0.717, 1.165) is 24.2 Å². The van der Waals surface area contributed by atoms with E-state index >= 15 is 0 Å². The van der Waals surface area contributed by atoms with Gasteiger partial charge in [-0.3, -0.25) is 0 Å². The van der Waals surface area contributed by atoms with E-state index in [2.05, 4.69) is 0 Å². The summed E-state index contributed by atoms with van der Waals surface area (Å²) < 4.78 is 10.6. The SMILES string of the molecule is O=C1Oc2ccccc2/C1=C1\CCCO1. The Morgan fingerprint density at radius 2 is 2.07 bits per heavy atom. The van der Waals surface area contributed by atoms with Gasteiger partial charge in [0, 0.05) is 12.0 Å². The Hall–Kier alpha value is -1.77. The highest BCUT2D eigenvalue weighted by molar-refractivity contribution is 6.22. The third-order valence-corrected chi connectivity index (χ3v) is 2.67. The van der Waals surface area contributed by atoms with Crippen LogP contribution in [0.1, 0.15) is 18.4 Å². The lowest BCUT2D eigenvalue weighted by Gasteiger charge is -2.01. The maximum Gasteiger partial charge on any atom is 0.347 e. The molecular formula is C12H10O3. The largest absolute Gasteiger partial charge is 0.497 e. The Kier molecular flexibility index (Phi) is 1.78. The first kappa shape index (κ1) is 8.53. The molecule has 76 valence electrons. The lowest BCUT2D eigenvalue weighted by atomic mass is 10.1. The molecule has 0 bridgehead atoms. The standard InChI is InChI=1S/C12H10O3/c13-12-11(10-6-3-7-14-10)8-4-1-2-5-9(8)15-12/h1-2,4-5H,3,6-7H2/b11-10-. The van der Waals surface area contributed by atoms with Crippen molar-refractivity contribution in [3.05, 3.63) is 35.6 Å². The lowest BCUT2D eigenvalue weighted by Crippen LogP contribution is -2.03. The summed E-state index contributed by atoms with van der Waals surface area (Å²) in [5.41, 5.74) is 1.47. The van der Waals surface area contributed by atoms with Crippen LogP contribution in [-0.4, -0.2) is 12.6 Å². The van der Waals surface area contributed by atoms with Crippen molar-refractivity contribution in [2.45, 2.75) is 12.8 Å². The smallest absolute Gasteiger partial charge is 0.347 e. The summed E-state index contributed by atoms with van der Waals surface area (Å²) >= 11 is 0. The van der Waals surface area contributed by atoms with Gasteiger partial charge in [-0.1, -0.05) is 18.2 Å². The van der Waals surface area contributed by atoms with Crippen molar-refractivity contribution in [2.24, 2.45) is 0 Å². The molecule has 1 aromatic carbocycles. The van der Waals surface area contributed by atoms with Gasteiger partial charge in [-0.25, -0.2) is 4.79 Å². The quantitative estimate of drug-likeness (QED) is 0.367. The predicted molar refractivity (Wildman–Crippen MR) is 54.2 cm³/mol. The van der Waals surface area contributed by atoms with Crippen LogP contribution in [-0.2, 0) is 9.53 Å². The number of ether oxygens (including phenoxy) is 2. The minimum absolute atomic E-state index is 0.284. The lowest BCUT2D eigenvalue weighted by molar-refractivity contribution is -0.127. The summed E-state index contributed by atoms with van der Waals surface area (Å²) in [7, 11) is 0. The zero-order chi connectivity index (χ0) is 10.3. The van der Waals surface area contributed by atoms with E-state index in [4.69, 9.17) is 9.47 Å². The highest BCUT2D eigenvalue weighted by atomic mass is 16.5. The van der Waals surface area contributed by atoms with Gasteiger partial charge < -0.3 is 9.47 Å². The summed E-state index contributed by atoms with van der Waals surface area (Å²) in [5.74, 6) is 1.14. The second-order valence-corrected chi connectivity index (χ2v) is 3.64. The maximum atomic E-state index is 11.7. The zero-order valence-corrected chi connectivity index (χ0v) is 8.16. The number of benzene rings is 1. The highest BCUT2D eigenvalue weighted by Crippen LogP contribution is 2.38. The summed E-state index contributed by atoms with van der Waals surface area (Å²) in [6, 6.07) is 7.45.